The fourth-order valence-electron chi connectivity index (χ4n) is 6.54. The minimum Gasteiger partial charge on any atom is -0.355 e. The van der Waals surface area contributed by atoms with Gasteiger partial charge in [0.25, 0.3) is 0 Å². The number of rotatable bonds is 3. The third-order valence-electron chi connectivity index (χ3n) is 8.35. The highest BCUT2D eigenvalue weighted by Gasteiger charge is 2.54. The third-order valence-corrected chi connectivity index (χ3v) is 8.35. The molecule has 4 nitrogen and oxygen atoms in total. The Morgan fingerprint density at radius 1 is 0.938 bits per heavy atom. The molecular formula is C27H30FN3O. The summed E-state index contributed by atoms with van der Waals surface area (Å²) in [6, 6.07) is 17.1. The van der Waals surface area contributed by atoms with Gasteiger partial charge in [-0.25, -0.2) is 4.39 Å². The first kappa shape index (κ1) is 21.2. The Bertz CT molecular complexity index is 1010. The van der Waals surface area contributed by atoms with Gasteiger partial charge in [0.05, 0.1) is 17.0 Å². The third kappa shape index (κ3) is 3.42. The molecule has 5 rings (SSSR count). The van der Waals surface area contributed by atoms with Crippen LogP contribution < -0.4 is 5.32 Å². The van der Waals surface area contributed by atoms with Crippen molar-refractivity contribution in [2.45, 2.75) is 56.4 Å². The molecule has 166 valence electrons. The second-order valence-corrected chi connectivity index (χ2v) is 9.74. The number of piperidine rings is 1. The monoisotopic (exact) mass is 431 g/mol. The van der Waals surface area contributed by atoms with E-state index in [0.717, 1.165) is 44.3 Å². The van der Waals surface area contributed by atoms with Crippen molar-refractivity contribution in [3.05, 3.63) is 71.0 Å². The molecule has 3 fully saturated rings. The minimum atomic E-state index is -0.408. The Hall–Kier alpha value is -2.71. The molecule has 1 amide bonds. The standard InChI is InChI=1S/C27H30FN3O/c28-23-10-6-21(7-11-23)24-19-30-25(32)26(24)14-16-31(17-15-26)27(12-2-1-3-13-27)22-8-4-20(18-29)5-9-22/h4-11,24H,1-3,12-17,19H2,(H,30,32). The predicted octanol–water partition coefficient (Wildman–Crippen LogP) is 4.85. The number of nitriles is 1. The molecule has 1 atom stereocenters. The fraction of sp³-hybridized carbons (Fsp3) is 0.481. The quantitative estimate of drug-likeness (QED) is 0.756. The largest absolute Gasteiger partial charge is 0.355 e. The molecule has 0 aromatic heterocycles. The Balaban J connectivity index is 1.41. The molecule has 32 heavy (non-hydrogen) atoms. The van der Waals surface area contributed by atoms with Crippen LogP contribution in [0.2, 0.25) is 0 Å². The number of hydrogen-bond donors (Lipinski definition) is 1. The molecule has 2 heterocycles. The summed E-state index contributed by atoms with van der Waals surface area (Å²) in [5.41, 5.74) is 2.64. The zero-order chi connectivity index (χ0) is 22.2. The van der Waals surface area contributed by atoms with E-state index < -0.39 is 5.41 Å². The maximum Gasteiger partial charge on any atom is 0.227 e. The molecule has 2 aromatic carbocycles. The summed E-state index contributed by atoms with van der Waals surface area (Å²) >= 11 is 0. The molecule has 1 spiro atoms. The van der Waals surface area contributed by atoms with E-state index in [9.17, 15) is 14.4 Å². The molecule has 1 unspecified atom stereocenters. The summed E-state index contributed by atoms with van der Waals surface area (Å²) < 4.78 is 13.5. The van der Waals surface area contributed by atoms with Gasteiger partial charge in [0.15, 0.2) is 0 Å². The van der Waals surface area contributed by atoms with Gasteiger partial charge in [-0.3, -0.25) is 9.69 Å². The number of amides is 1. The summed E-state index contributed by atoms with van der Waals surface area (Å²) in [4.78, 5) is 15.7. The highest BCUT2D eigenvalue weighted by Crippen LogP contribution is 2.51. The molecule has 2 aromatic rings. The van der Waals surface area contributed by atoms with Gasteiger partial charge in [-0.05, 0) is 61.1 Å². The van der Waals surface area contributed by atoms with Crippen molar-refractivity contribution < 1.29 is 9.18 Å². The Morgan fingerprint density at radius 3 is 2.22 bits per heavy atom. The van der Waals surface area contributed by atoms with E-state index in [1.54, 1.807) is 0 Å². The van der Waals surface area contributed by atoms with Gasteiger partial charge in [0.1, 0.15) is 5.82 Å². The normalized spacial score (nSPS) is 24.8. The number of hydrogen-bond acceptors (Lipinski definition) is 3. The van der Waals surface area contributed by atoms with E-state index in [0.29, 0.717) is 12.1 Å². The number of benzene rings is 2. The van der Waals surface area contributed by atoms with Crippen LogP contribution in [0.5, 0.6) is 0 Å². The summed E-state index contributed by atoms with van der Waals surface area (Å²) in [5.74, 6) is 0.00840. The molecule has 5 heteroatoms. The average Bonchev–Trinajstić information content (AvgIpc) is 3.16. The van der Waals surface area contributed by atoms with E-state index in [-0.39, 0.29) is 23.2 Å². The maximum atomic E-state index is 13.5. The van der Waals surface area contributed by atoms with Crippen LogP contribution in [-0.2, 0) is 10.3 Å². The van der Waals surface area contributed by atoms with Crippen molar-refractivity contribution >= 4 is 5.91 Å². The molecule has 2 aliphatic heterocycles. The Labute approximate surface area is 189 Å². The number of nitrogens with one attached hydrogen (secondary N) is 1. The van der Waals surface area contributed by atoms with Crippen LogP contribution >= 0.6 is 0 Å². The SMILES string of the molecule is N#Cc1ccc(C2(N3CCC4(CC3)C(=O)NCC4c3ccc(F)cc3)CCCCC2)cc1. The predicted molar refractivity (Wildman–Crippen MR) is 121 cm³/mol. The highest BCUT2D eigenvalue weighted by atomic mass is 19.1. The Morgan fingerprint density at radius 2 is 1.59 bits per heavy atom. The molecule has 0 bridgehead atoms. The smallest absolute Gasteiger partial charge is 0.227 e. The highest BCUT2D eigenvalue weighted by molar-refractivity contribution is 5.86. The van der Waals surface area contributed by atoms with E-state index in [4.69, 9.17) is 0 Å². The first-order valence-corrected chi connectivity index (χ1v) is 11.9. The first-order chi connectivity index (χ1) is 15.6. The van der Waals surface area contributed by atoms with Gasteiger partial charge >= 0.3 is 0 Å². The molecule has 0 radical (unpaired) electrons. The van der Waals surface area contributed by atoms with Crippen molar-refractivity contribution in [3.63, 3.8) is 0 Å². The van der Waals surface area contributed by atoms with Crippen LogP contribution in [0.1, 0.15) is 67.6 Å². The maximum absolute atomic E-state index is 13.5. The molecule has 3 aliphatic rings. The van der Waals surface area contributed by atoms with Crippen LogP contribution in [-0.4, -0.2) is 30.4 Å². The number of likely N-dealkylation sites (tertiary alicyclic amines) is 1. The Kier molecular flexibility index (Phi) is 5.51. The zero-order valence-corrected chi connectivity index (χ0v) is 18.4. The van der Waals surface area contributed by atoms with Gasteiger partial charge in [0, 0.05) is 31.1 Å². The summed E-state index contributed by atoms with van der Waals surface area (Å²) in [6.07, 6.45) is 7.57. The lowest BCUT2D eigenvalue weighted by Crippen LogP contribution is -2.54. The van der Waals surface area contributed by atoms with Crippen LogP contribution in [0.15, 0.2) is 48.5 Å². The minimum absolute atomic E-state index is 0.00566. The lowest BCUT2D eigenvalue weighted by molar-refractivity contribution is -0.132. The van der Waals surface area contributed by atoms with Crippen molar-refractivity contribution in [1.82, 2.24) is 10.2 Å². The van der Waals surface area contributed by atoms with E-state index >= 15 is 0 Å². The summed E-state index contributed by atoms with van der Waals surface area (Å²) in [5, 5.41) is 12.3. The van der Waals surface area contributed by atoms with Gasteiger partial charge in [-0.15, -0.1) is 0 Å². The lowest BCUT2D eigenvalue weighted by atomic mass is 9.66. The van der Waals surface area contributed by atoms with E-state index in [2.05, 4.69) is 28.4 Å². The molecule has 1 N–H and O–H groups in total. The number of carbonyl (C=O) groups excluding carboxylic acids is 1. The van der Waals surface area contributed by atoms with Crippen molar-refractivity contribution in [2.75, 3.05) is 19.6 Å². The summed E-state index contributed by atoms with van der Waals surface area (Å²) in [6.45, 7) is 2.39. The van der Waals surface area contributed by atoms with Crippen molar-refractivity contribution in [3.8, 4) is 6.07 Å². The van der Waals surface area contributed by atoms with Crippen LogP contribution in [0.3, 0.4) is 0 Å². The van der Waals surface area contributed by atoms with Gasteiger partial charge < -0.3 is 5.32 Å². The molecule has 2 saturated heterocycles. The van der Waals surface area contributed by atoms with Crippen LogP contribution in [0.4, 0.5) is 4.39 Å². The number of carbonyl (C=O) groups is 1. The van der Waals surface area contributed by atoms with E-state index in [1.807, 2.05) is 24.3 Å². The number of nitrogens with zero attached hydrogens (tertiary/aromatic N) is 2. The number of halogens is 1. The molecular weight excluding hydrogens is 401 g/mol. The van der Waals surface area contributed by atoms with Crippen molar-refractivity contribution in [2.24, 2.45) is 5.41 Å². The second-order valence-electron chi connectivity index (χ2n) is 9.74. The zero-order valence-electron chi connectivity index (χ0n) is 18.4. The molecule has 1 saturated carbocycles. The fourth-order valence-corrected chi connectivity index (χ4v) is 6.54. The van der Waals surface area contributed by atoms with Crippen molar-refractivity contribution in [1.29, 1.82) is 5.26 Å². The van der Waals surface area contributed by atoms with Gasteiger partial charge in [-0.2, -0.15) is 5.26 Å². The second kappa shape index (κ2) is 8.33. The van der Waals surface area contributed by atoms with Gasteiger partial charge in [0.2, 0.25) is 5.91 Å². The van der Waals surface area contributed by atoms with Gasteiger partial charge in [-0.1, -0.05) is 43.5 Å². The summed E-state index contributed by atoms with van der Waals surface area (Å²) in [7, 11) is 0. The lowest BCUT2D eigenvalue weighted by Gasteiger charge is -2.52. The van der Waals surface area contributed by atoms with E-state index in [1.165, 1.54) is 37.0 Å². The first-order valence-electron chi connectivity index (χ1n) is 11.9. The van der Waals surface area contributed by atoms with Crippen LogP contribution in [0.25, 0.3) is 0 Å². The topological polar surface area (TPSA) is 56.1 Å². The average molecular weight is 432 g/mol. The van der Waals surface area contributed by atoms with Crippen LogP contribution in [0, 0.1) is 22.6 Å². The molecule has 1 aliphatic carbocycles.